The first kappa shape index (κ1) is 20.5. The van der Waals surface area contributed by atoms with Crippen LogP contribution in [0, 0.1) is 0 Å². The molecule has 0 aliphatic carbocycles. The van der Waals surface area contributed by atoms with E-state index in [1.165, 1.54) is 14.2 Å². The molecule has 2 N–H and O–H groups in total. The Morgan fingerprint density at radius 1 is 1.19 bits per heavy atom. The van der Waals surface area contributed by atoms with E-state index in [0.717, 1.165) is 31.5 Å². The topological polar surface area (TPSA) is 92.3 Å². The Kier molecular flexibility index (Phi) is 7.91. The minimum Gasteiger partial charge on any atom is -0.496 e. The molecule has 1 aliphatic heterocycles. The van der Waals surface area contributed by atoms with E-state index in [1.807, 2.05) is 17.9 Å². The Morgan fingerprint density at radius 3 is 2.56 bits per heavy atom. The van der Waals surface area contributed by atoms with Crippen LogP contribution in [0.3, 0.4) is 0 Å². The third kappa shape index (κ3) is 5.87. The van der Waals surface area contributed by atoms with Gasteiger partial charge in [0.25, 0.3) is 0 Å². The monoisotopic (exact) mass is 376 g/mol. The van der Waals surface area contributed by atoms with Crippen LogP contribution in [0.1, 0.15) is 35.7 Å². The van der Waals surface area contributed by atoms with Crippen LogP contribution in [-0.2, 0) is 16.1 Å². The molecule has 148 valence electrons. The third-order valence-electron chi connectivity index (χ3n) is 4.30. The molecule has 8 nitrogen and oxygen atoms in total. The highest BCUT2D eigenvalue weighted by molar-refractivity contribution is 5.92. The van der Waals surface area contributed by atoms with Gasteiger partial charge in [0.2, 0.25) is 5.91 Å². The molecule has 1 aromatic rings. The average Bonchev–Trinajstić information content (AvgIpc) is 3.24. The van der Waals surface area contributed by atoms with Crippen molar-refractivity contribution in [3.63, 3.8) is 0 Å². The molecule has 1 fully saturated rings. The minimum atomic E-state index is -0.459. The molecule has 2 rings (SSSR count). The van der Waals surface area contributed by atoms with Gasteiger partial charge in [0.05, 0.1) is 27.3 Å². The molecule has 1 heterocycles. The Morgan fingerprint density at radius 2 is 1.93 bits per heavy atom. The smallest absolute Gasteiger partial charge is 0.341 e. The van der Waals surface area contributed by atoms with Crippen molar-refractivity contribution < 1.29 is 19.1 Å². The number of carbonyl (C=O) groups excluding carboxylic acids is 2. The van der Waals surface area contributed by atoms with Crippen LogP contribution in [0.5, 0.6) is 5.75 Å². The maximum Gasteiger partial charge on any atom is 0.341 e. The van der Waals surface area contributed by atoms with Gasteiger partial charge in [0.15, 0.2) is 5.96 Å². The highest BCUT2D eigenvalue weighted by atomic mass is 16.5. The van der Waals surface area contributed by atoms with Gasteiger partial charge in [-0.25, -0.2) is 9.79 Å². The number of methoxy groups -OCH3 is 2. The zero-order valence-electron chi connectivity index (χ0n) is 16.2. The Hall–Kier alpha value is -2.77. The van der Waals surface area contributed by atoms with E-state index in [2.05, 4.69) is 15.6 Å². The second-order valence-corrected chi connectivity index (χ2v) is 6.16. The van der Waals surface area contributed by atoms with Crippen LogP contribution >= 0.6 is 0 Å². The Bertz CT molecular complexity index is 684. The number of likely N-dealkylation sites (tertiary alicyclic amines) is 1. The fraction of sp³-hybridized carbons (Fsp3) is 0.526. The van der Waals surface area contributed by atoms with Crippen molar-refractivity contribution in [3.05, 3.63) is 29.3 Å². The number of benzene rings is 1. The van der Waals surface area contributed by atoms with Gasteiger partial charge in [-0.2, -0.15) is 0 Å². The van der Waals surface area contributed by atoms with Crippen molar-refractivity contribution in [1.82, 2.24) is 15.5 Å². The fourth-order valence-electron chi connectivity index (χ4n) is 2.87. The van der Waals surface area contributed by atoms with Gasteiger partial charge in [0, 0.05) is 19.6 Å². The molecule has 0 radical (unpaired) electrons. The summed E-state index contributed by atoms with van der Waals surface area (Å²) < 4.78 is 9.99. The largest absolute Gasteiger partial charge is 0.496 e. The first-order valence-corrected chi connectivity index (χ1v) is 9.14. The predicted molar refractivity (Wildman–Crippen MR) is 103 cm³/mol. The molecule has 0 spiro atoms. The molecule has 0 atom stereocenters. The van der Waals surface area contributed by atoms with Gasteiger partial charge in [-0.3, -0.25) is 4.79 Å². The maximum absolute atomic E-state index is 12.2. The number of hydrogen-bond acceptors (Lipinski definition) is 5. The summed E-state index contributed by atoms with van der Waals surface area (Å²) in [6.07, 6.45) is 2.14. The maximum atomic E-state index is 12.2. The standard InChI is InChI=1S/C19H28N4O4/c1-4-20-19(22-13-17(24)23-9-5-6-10-23)21-12-14-7-8-16(26-2)15(11-14)18(25)27-3/h7-8,11H,4-6,9-10,12-13H2,1-3H3,(H2,20,21,22). The average molecular weight is 376 g/mol. The molecule has 27 heavy (non-hydrogen) atoms. The number of ether oxygens (including phenoxy) is 2. The van der Waals surface area contributed by atoms with Crippen molar-refractivity contribution in [2.45, 2.75) is 26.3 Å². The van der Waals surface area contributed by atoms with Crippen LogP contribution in [0.4, 0.5) is 0 Å². The Balaban J connectivity index is 2.02. The highest BCUT2D eigenvalue weighted by Gasteiger charge is 2.18. The van der Waals surface area contributed by atoms with E-state index in [9.17, 15) is 9.59 Å². The summed E-state index contributed by atoms with van der Waals surface area (Å²) in [6, 6.07) is 5.26. The molecule has 1 saturated heterocycles. The molecule has 1 aliphatic rings. The Labute approximate surface area is 159 Å². The molecule has 1 amide bonds. The number of nitrogens with one attached hydrogen (secondary N) is 2. The summed E-state index contributed by atoms with van der Waals surface area (Å²) >= 11 is 0. The summed E-state index contributed by atoms with van der Waals surface area (Å²) in [5, 5.41) is 6.19. The lowest BCUT2D eigenvalue weighted by Gasteiger charge is -2.17. The van der Waals surface area contributed by atoms with E-state index >= 15 is 0 Å². The zero-order valence-corrected chi connectivity index (χ0v) is 16.2. The van der Waals surface area contributed by atoms with Crippen molar-refractivity contribution >= 4 is 17.8 Å². The second-order valence-electron chi connectivity index (χ2n) is 6.16. The summed E-state index contributed by atoms with van der Waals surface area (Å²) in [4.78, 5) is 30.4. The molecule has 0 bridgehead atoms. The normalized spacial score (nSPS) is 14.0. The van der Waals surface area contributed by atoms with Crippen LogP contribution in [-0.4, -0.2) is 63.1 Å². The lowest BCUT2D eigenvalue weighted by atomic mass is 10.1. The number of esters is 1. The van der Waals surface area contributed by atoms with E-state index in [4.69, 9.17) is 9.47 Å². The van der Waals surface area contributed by atoms with Crippen LogP contribution in [0.25, 0.3) is 0 Å². The van der Waals surface area contributed by atoms with Crippen molar-refractivity contribution in [2.75, 3.05) is 40.4 Å². The van der Waals surface area contributed by atoms with Gasteiger partial charge in [-0.15, -0.1) is 0 Å². The number of rotatable bonds is 7. The van der Waals surface area contributed by atoms with E-state index in [-0.39, 0.29) is 12.5 Å². The van der Waals surface area contributed by atoms with E-state index in [1.54, 1.807) is 12.1 Å². The third-order valence-corrected chi connectivity index (χ3v) is 4.30. The number of aliphatic imine (C=N–C) groups is 1. The SMILES string of the molecule is CCNC(=NCc1ccc(OC)c(C(=O)OC)c1)NCC(=O)N1CCCC1. The summed E-state index contributed by atoms with van der Waals surface area (Å²) in [5.74, 6) is 0.630. The van der Waals surface area contributed by atoms with Gasteiger partial charge in [-0.05, 0) is 37.5 Å². The molecular formula is C19H28N4O4. The van der Waals surface area contributed by atoms with Gasteiger partial charge >= 0.3 is 5.97 Å². The summed E-state index contributed by atoms with van der Waals surface area (Å²) in [5.41, 5.74) is 1.19. The molecular weight excluding hydrogens is 348 g/mol. The number of hydrogen-bond donors (Lipinski definition) is 2. The van der Waals surface area contributed by atoms with Gasteiger partial charge in [-0.1, -0.05) is 6.07 Å². The fourth-order valence-corrected chi connectivity index (χ4v) is 2.87. The number of nitrogens with zero attached hydrogens (tertiary/aromatic N) is 2. The molecule has 0 unspecified atom stereocenters. The van der Waals surface area contributed by atoms with Gasteiger partial charge in [0.1, 0.15) is 11.3 Å². The molecule has 8 heteroatoms. The molecule has 0 saturated carbocycles. The zero-order chi connectivity index (χ0) is 19.6. The summed E-state index contributed by atoms with van der Waals surface area (Å²) in [6.45, 7) is 4.86. The number of amides is 1. The summed E-state index contributed by atoms with van der Waals surface area (Å²) in [7, 11) is 2.83. The van der Waals surface area contributed by atoms with Crippen LogP contribution in [0.15, 0.2) is 23.2 Å². The van der Waals surface area contributed by atoms with Crippen LogP contribution in [0.2, 0.25) is 0 Å². The van der Waals surface area contributed by atoms with Crippen LogP contribution < -0.4 is 15.4 Å². The molecule has 1 aromatic carbocycles. The van der Waals surface area contributed by atoms with Crippen molar-refractivity contribution in [2.24, 2.45) is 4.99 Å². The molecule has 0 aromatic heterocycles. The lowest BCUT2D eigenvalue weighted by Crippen LogP contribution is -2.44. The number of guanidine groups is 1. The highest BCUT2D eigenvalue weighted by Crippen LogP contribution is 2.21. The van der Waals surface area contributed by atoms with E-state index < -0.39 is 5.97 Å². The van der Waals surface area contributed by atoms with Crippen molar-refractivity contribution in [1.29, 1.82) is 0 Å². The quantitative estimate of drug-likeness (QED) is 0.421. The first-order chi connectivity index (χ1) is 13.1. The van der Waals surface area contributed by atoms with E-state index in [0.29, 0.717) is 30.4 Å². The second kappa shape index (κ2) is 10.4. The first-order valence-electron chi connectivity index (χ1n) is 9.14. The van der Waals surface area contributed by atoms with Gasteiger partial charge < -0.3 is 25.0 Å². The minimum absolute atomic E-state index is 0.0792. The van der Waals surface area contributed by atoms with Crippen molar-refractivity contribution in [3.8, 4) is 5.75 Å². The number of carbonyl (C=O) groups is 2. The predicted octanol–water partition coefficient (Wildman–Crippen LogP) is 1.16. The lowest BCUT2D eigenvalue weighted by molar-refractivity contribution is -0.128.